The van der Waals surface area contributed by atoms with Crippen LogP contribution in [0.4, 0.5) is 0 Å². The van der Waals surface area contributed by atoms with E-state index in [1.165, 1.54) is 0 Å². The molecule has 1 saturated heterocycles. The lowest BCUT2D eigenvalue weighted by atomic mass is 10.0. The van der Waals surface area contributed by atoms with Crippen LogP contribution in [0.1, 0.15) is 41.6 Å². The molecule has 0 saturated carbocycles. The van der Waals surface area contributed by atoms with Crippen LogP contribution in [-0.4, -0.2) is 45.6 Å². The topological polar surface area (TPSA) is 72.4 Å². The van der Waals surface area contributed by atoms with E-state index in [1.54, 1.807) is 18.7 Å². The van der Waals surface area contributed by atoms with Crippen molar-refractivity contribution in [3.63, 3.8) is 0 Å². The van der Waals surface area contributed by atoms with Gasteiger partial charge in [0.1, 0.15) is 10.9 Å². The quantitative estimate of drug-likeness (QED) is 0.784. The molecule has 1 atom stereocenters. The van der Waals surface area contributed by atoms with Gasteiger partial charge in [-0.05, 0) is 44.6 Å². The van der Waals surface area contributed by atoms with Gasteiger partial charge in [0.25, 0.3) is 5.91 Å². The van der Waals surface area contributed by atoms with Crippen LogP contribution < -0.4 is 0 Å². The number of hydrogen-bond acceptors (Lipinski definition) is 6. The molecule has 2 rings (SSSR count). The lowest BCUT2D eigenvalue weighted by Gasteiger charge is -2.33. The lowest BCUT2D eigenvalue weighted by molar-refractivity contribution is -0.149. The summed E-state index contributed by atoms with van der Waals surface area (Å²) in [6.07, 6.45) is 2.51. The number of amides is 1. The Bertz CT molecular complexity index is 475. The summed E-state index contributed by atoms with van der Waals surface area (Å²) in [5, 5.41) is 3.84. The van der Waals surface area contributed by atoms with Crippen molar-refractivity contribution < 1.29 is 14.3 Å². The Balaban J connectivity index is 2.18. The zero-order chi connectivity index (χ0) is 13.8. The average Bonchev–Trinajstić information content (AvgIpc) is 2.84. The first-order valence-electron chi connectivity index (χ1n) is 6.41. The number of nitrogens with zero attached hydrogens (tertiary/aromatic N) is 3. The van der Waals surface area contributed by atoms with Gasteiger partial charge in [-0.25, -0.2) is 4.79 Å². The molecule has 1 aromatic heterocycles. The van der Waals surface area contributed by atoms with Gasteiger partial charge in [0.2, 0.25) is 0 Å². The summed E-state index contributed by atoms with van der Waals surface area (Å²) in [5.41, 5.74) is 0.614. The molecule has 1 aromatic rings. The second-order valence-electron chi connectivity index (χ2n) is 4.45. The van der Waals surface area contributed by atoms with Gasteiger partial charge in [-0.2, -0.15) is 0 Å². The maximum atomic E-state index is 12.4. The Morgan fingerprint density at radius 1 is 1.47 bits per heavy atom. The predicted molar refractivity (Wildman–Crippen MR) is 70.0 cm³/mol. The normalized spacial score (nSPS) is 19.3. The highest BCUT2D eigenvalue weighted by atomic mass is 32.1. The highest BCUT2D eigenvalue weighted by Gasteiger charge is 2.34. The molecular formula is C12H17N3O3S. The fourth-order valence-electron chi connectivity index (χ4n) is 2.22. The number of esters is 1. The van der Waals surface area contributed by atoms with E-state index < -0.39 is 6.04 Å². The highest BCUT2D eigenvalue weighted by Crippen LogP contribution is 2.22. The minimum atomic E-state index is -0.470. The standard InChI is InChI=1S/C12H17N3O3S/c1-3-18-12(17)9-6-4-5-7-15(9)11(16)10-8(2)13-14-19-10/h9H,3-7H2,1-2H3. The van der Waals surface area contributed by atoms with Crippen LogP contribution in [0.5, 0.6) is 0 Å². The molecule has 1 unspecified atom stereocenters. The molecule has 1 amide bonds. The van der Waals surface area contributed by atoms with E-state index in [1.807, 2.05) is 0 Å². The molecule has 104 valence electrons. The summed E-state index contributed by atoms with van der Waals surface area (Å²) < 4.78 is 8.82. The number of hydrogen-bond donors (Lipinski definition) is 0. The van der Waals surface area contributed by atoms with Crippen molar-refractivity contribution in [2.24, 2.45) is 0 Å². The van der Waals surface area contributed by atoms with E-state index in [0.717, 1.165) is 24.4 Å². The van der Waals surface area contributed by atoms with Crippen LogP contribution in [0.3, 0.4) is 0 Å². The molecule has 0 aliphatic carbocycles. The van der Waals surface area contributed by atoms with E-state index in [9.17, 15) is 9.59 Å². The Kier molecular flexibility index (Phi) is 4.47. The summed E-state index contributed by atoms with van der Waals surface area (Å²) in [5.74, 6) is -0.476. The zero-order valence-corrected chi connectivity index (χ0v) is 11.9. The Labute approximate surface area is 115 Å². The number of likely N-dealkylation sites (tertiary alicyclic amines) is 1. The first-order chi connectivity index (χ1) is 9.15. The third kappa shape index (κ3) is 2.91. The van der Waals surface area contributed by atoms with Crippen molar-refractivity contribution in [2.75, 3.05) is 13.2 Å². The SMILES string of the molecule is CCOC(=O)C1CCCCN1C(=O)c1snnc1C. The summed E-state index contributed by atoms with van der Waals surface area (Å²) in [6.45, 7) is 4.43. The van der Waals surface area contributed by atoms with Gasteiger partial charge in [-0.15, -0.1) is 5.10 Å². The maximum Gasteiger partial charge on any atom is 0.328 e. The summed E-state index contributed by atoms with van der Waals surface area (Å²) in [7, 11) is 0. The maximum absolute atomic E-state index is 12.4. The minimum Gasteiger partial charge on any atom is -0.464 e. The largest absolute Gasteiger partial charge is 0.464 e. The van der Waals surface area contributed by atoms with Crippen LogP contribution in [0.25, 0.3) is 0 Å². The first kappa shape index (κ1) is 13.9. The fourth-order valence-corrected chi connectivity index (χ4v) is 2.83. The number of ether oxygens (including phenoxy) is 1. The van der Waals surface area contributed by atoms with Crippen LogP contribution >= 0.6 is 11.5 Å². The van der Waals surface area contributed by atoms with Crippen molar-refractivity contribution in [1.29, 1.82) is 0 Å². The number of piperidine rings is 1. The Morgan fingerprint density at radius 2 is 2.26 bits per heavy atom. The van der Waals surface area contributed by atoms with Crippen molar-refractivity contribution in [2.45, 2.75) is 39.2 Å². The molecule has 7 heteroatoms. The molecule has 0 aromatic carbocycles. The summed E-state index contributed by atoms with van der Waals surface area (Å²) in [4.78, 5) is 26.5. The van der Waals surface area contributed by atoms with Gasteiger partial charge >= 0.3 is 5.97 Å². The summed E-state index contributed by atoms with van der Waals surface area (Å²) >= 11 is 1.07. The second kappa shape index (κ2) is 6.10. The molecule has 0 spiro atoms. The smallest absolute Gasteiger partial charge is 0.328 e. The monoisotopic (exact) mass is 283 g/mol. The predicted octanol–water partition coefficient (Wildman–Crippen LogP) is 1.40. The zero-order valence-electron chi connectivity index (χ0n) is 11.1. The van der Waals surface area contributed by atoms with Gasteiger partial charge in [0.15, 0.2) is 0 Å². The molecule has 1 aliphatic heterocycles. The molecule has 6 nitrogen and oxygen atoms in total. The van der Waals surface area contributed by atoms with Crippen molar-refractivity contribution in [3.05, 3.63) is 10.6 Å². The van der Waals surface area contributed by atoms with E-state index in [2.05, 4.69) is 9.59 Å². The molecule has 1 aliphatic rings. The van der Waals surface area contributed by atoms with Gasteiger partial charge < -0.3 is 9.64 Å². The lowest BCUT2D eigenvalue weighted by Crippen LogP contribution is -2.48. The van der Waals surface area contributed by atoms with Crippen molar-refractivity contribution in [3.8, 4) is 0 Å². The molecule has 1 fully saturated rings. The van der Waals surface area contributed by atoms with Crippen LogP contribution in [0.15, 0.2) is 0 Å². The number of aromatic nitrogens is 2. The minimum absolute atomic E-state index is 0.162. The van der Waals surface area contributed by atoms with E-state index in [-0.39, 0.29) is 11.9 Å². The number of aryl methyl sites for hydroxylation is 1. The van der Waals surface area contributed by atoms with Gasteiger partial charge in [0, 0.05) is 6.54 Å². The van der Waals surface area contributed by atoms with E-state index in [4.69, 9.17) is 4.74 Å². The average molecular weight is 283 g/mol. The van der Waals surface area contributed by atoms with Crippen molar-refractivity contribution in [1.82, 2.24) is 14.5 Å². The number of carbonyl (C=O) groups excluding carboxylic acids is 2. The third-order valence-corrected chi connectivity index (χ3v) is 3.98. The second-order valence-corrected chi connectivity index (χ2v) is 5.20. The van der Waals surface area contributed by atoms with E-state index >= 15 is 0 Å². The third-order valence-electron chi connectivity index (χ3n) is 3.17. The van der Waals surface area contributed by atoms with E-state index in [0.29, 0.717) is 30.1 Å². The van der Waals surface area contributed by atoms with Crippen LogP contribution in [-0.2, 0) is 9.53 Å². The van der Waals surface area contributed by atoms with Crippen LogP contribution in [0.2, 0.25) is 0 Å². The summed E-state index contributed by atoms with van der Waals surface area (Å²) in [6, 6.07) is -0.470. The van der Waals surface area contributed by atoms with Gasteiger partial charge in [0.05, 0.1) is 12.3 Å². The molecule has 2 heterocycles. The number of rotatable bonds is 3. The van der Waals surface area contributed by atoms with Crippen molar-refractivity contribution >= 4 is 23.4 Å². The number of carbonyl (C=O) groups is 2. The highest BCUT2D eigenvalue weighted by molar-refractivity contribution is 7.07. The molecule has 0 bridgehead atoms. The molecule has 0 radical (unpaired) electrons. The molecular weight excluding hydrogens is 266 g/mol. The first-order valence-corrected chi connectivity index (χ1v) is 7.19. The molecule has 0 N–H and O–H groups in total. The fraction of sp³-hybridized carbons (Fsp3) is 0.667. The Morgan fingerprint density at radius 3 is 2.89 bits per heavy atom. The van der Waals surface area contributed by atoms with Gasteiger partial charge in [-0.3, -0.25) is 4.79 Å². The molecule has 19 heavy (non-hydrogen) atoms. The van der Waals surface area contributed by atoms with Gasteiger partial charge in [-0.1, -0.05) is 4.49 Å². The Hall–Kier alpha value is -1.50. The van der Waals surface area contributed by atoms with Crippen LogP contribution in [0, 0.1) is 6.92 Å².